The second-order valence-electron chi connectivity index (χ2n) is 3.84. The maximum absolute atomic E-state index is 11.7. The normalized spacial score (nSPS) is 9.85. The summed E-state index contributed by atoms with van der Waals surface area (Å²) in [6.07, 6.45) is 0. The number of para-hydroxylation sites is 2. The number of benzene rings is 1. The predicted octanol–water partition coefficient (Wildman–Crippen LogP) is 2.55. The van der Waals surface area contributed by atoms with Gasteiger partial charge in [0.2, 0.25) is 0 Å². The number of anilines is 1. The van der Waals surface area contributed by atoms with Crippen LogP contribution in [0.25, 0.3) is 0 Å². The van der Waals surface area contributed by atoms with Gasteiger partial charge in [-0.05, 0) is 23.6 Å². The summed E-state index contributed by atoms with van der Waals surface area (Å²) in [5, 5.41) is 6.06. The largest absolute Gasteiger partial charge is 0.495 e. The number of ether oxygens (including phenoxy) is 2. The van der Waals surface area contributed by atoms with Gasteiger partial charge >= 0.3 is 5.97 Å². The molecule has 0 aliphatic carbocycles. The van der Waals surface area contributed by atoms with Gasteiger partial charge in [0.1, 0.15) is 5.75 Å². The highest BCUT2D eigenvalue weighted by atomic mass is 32.1. The van der Waals surface area contributed by atoms with Crippen LogP contribution in [0.1, 0.15) is 10.4 Å². The van der Waals surface area contributed by atoms with E-state index in [0.717, 1.165) is 0 Å². The average Bonchev–Trinajstić information content (AvgIpc) is 2.99. The third-order valence-corrected chi connectivity index (χ3v) is 3.16. The first kappa shape index (κ1) is 14.1. The number of carbonyl (C=O) groups is 2. The topological polar surface area (TPSA) is 64.6 Å². The summed E-state index contributed by atoms with van der Waals surface area (Å²) in [5.74, 6) is -0.385. The molecular formula is C14H13NO4S. The smallest absolute Gasteiger partial charge is 0.339 e. The zero-order valence-electron chi connectivity index (χ0n) is 10.8. The van der Waals surface area contributed by atoms with Gasteiger partial charge < -0.3 is 14.8 Å². The third kappa shape index (κ3) is 3.58. The lowest BCUT2D eigenvalue weighted by molar-refractivity contribution is -0.119. The van der Waals surface area contributed by atoms with Crippen molar-refractivity contribution in [3.05, 3.63) is 46.7 Å². The number of rotatable bonds is 5. The van der Waals surface area contributed by atoms with Crippen LogP contribution in [0.2, 0.25) is 0 Å². The van der Waals surface area contributed by atoms with Crippen molar-refractivity contribution in [1.29, 1.82) is 0 Å². The number of hydrogen-bond acceptors (Lipinski definition) is 5. The van der Waals surface area contributed by atoms with E-state index in [1.807, 2.05) is 0 Å². The van der Waals surface area contributed by atoms with E-state index >= 15 is 0 Å². The fourth-order valence-electron chi connectivity index (χ4n) is 1.53. The Hall–Kier alpha value is -2.34. The molecule has 2 aromatic rings. The molecule has 0 atom stereocenters. The number of esters is 1. The molecule has 0 saturated heterocycles. The van der Waals surface area contributed by atoms with Crippen LogP contribution in [0.3, 0.4) is 0 Å². The van der Waals surface area contributed by atoms with E-state index in [0.29, 0.717) is 17.0 Å². The second kappa shape index (κ2) is 6.72. The first-order chi connectivity index (χ1) is 9.70. The SMILES string of the molecule is COc1ccccc1NC(=O)COC(=O)c1ccsc1. The molecule has 104 valence electrons. The van der Waals surface area contributed by atoms with Gasteiger partial charge in [-0.2, -0.15) is 11.3 Å². The van der Waals surface area contributed by atoms with Gasteiger partial charge in [0.25, 0.3) is 5.91 Å². The molecule has 1 aromatic heterocycles. The van der Waals surface area contributed by atoms with Gasteiger partial charge in [0, 0.05) is 5.38 Å². The van der Waals surface area contributed by atoms with Crippen LogP contribution in [0.15, 0.2) is 41.1 Å². The Morgan fingerprint density at radius 3 is 2.75 bits per heavy atom. The number of thiophene rings is 1. The minimum atomic E-state index is -0.513. The molecule has 1 N–H and O–H groups in total. The van der Waals surface area contributed by atoms with E-state index in [4.69, 9.17) is 9.47 Å². The first-order valence-corrected chi connectivity index (χ1v) is 6.77. The Kier molecular flexibility index (Phi) is 4.73. The molecule has 0 unspecified atom stereocenters. The van der Waals surface area contributed by atoms with Gasteiger partial charge in [-0.15, -0.1) is 0 Å². The lowest BCUT2D eigenvalue weighted by Crippen LogP contribution is -2.21. The molecule has 0 bridgehead atoms. The van der Waals surface area contributed by atoms with E-state index < -0.39 is 11.9 Å². The average molecular weight is 291 g/mol. The van der Waals surface area contributed by atoms with Crippen molar-refractivity contribution in [3.8, 4) is 5.75 Å². The monoisotopic (exact) mass is 291 g/mol. The van der Waals surface area contributed by atoms with E-state index in [9.17, 15) is 9.59 Å². The van der Waals surface area contributed by atoms with Crippen LogP contribution in [0, 0.1) is 0 Å². The summed E-state index contributed by atoms with van der Waals surface area (Å²) in [6.45, 7) is -0.341. The summed E-state index contributed by atoms with van der Waals surface area (Å²) < 4.78 is 10.0. The van der Waals surface area contributed by atoms with Crippen molar-refractivity contribution in [1.82, 2.24) is 0 Å². The Balaban J connectivity index is 1.88. The highest BCUT2D eigenvalue weighted by molar-refractivity contribution is 7.08. The van der Waals surface area contributed by atoms with Crippen molar-refractivity contribution >= 4 is 28.9 Å². The number of methoxy groups -OCH3 is 1. The van der Waals surface area contributed by atoms with Gasteiger partial charge in [-0.1, -0.05) is 12.1 Å². The van der Waals surface area contributed by atoms with Crippen LogP contribution in [-0.2, 0) is 9.53 Å². The fourth-order valence-corrected chi connectivity index (χ4v) is 2.15. The van der Waals surface area contributed by atoms with E-state index in [-0.39, 0.29) is 6.61 Å². The van der Waals surface area contributed by atoms with Crippen LogP contribution < -0.4 is 10.1 Å². The minimum absolute atomic E-state index is 0.341. The van der Waals surface area contributed by atoms with Gasteiger partial charge in [0.05, 0.1) is 18.4 Å². The molecule has 5 nitrogen and oxygen atoms in total. The van der Waals surface area contributed by atoms with Crippen LogP contribution >= 0.6 is 11.3 Å². The highest BCUT2D eigenvalue weighted by Crippen LogP contribution is 2.22. The first-order valence-electron chi connectivity index (χ1n) is 5.83. The van der Waals surface area contributed by atoms with Crippen molar-refractivity contribution in [2.45, 2.75) is 0 Å². The maximum atomic E-state index is 11.7. The lowest BCUT2D eigenvalue weighted by Gasteiger charge is -2.09. The number of carbonyl (C=O) groups excluding carboxylic acids is 2. The lowest BCUT2D eigenvalue weighted by atomic mass is 10.3. The second-order valence-corrected chi connectivity index (χ2v) is 4.62. The molecule has 0 fully saturated rings. The Morgan fingerprint density at radius 1 is 1.25 bits per heavy atom. The van der Waals surface area contributed by atoms with Crippen molar-refractivity contribution in [3.63, 3.8) is 0 Å². The van der Waals surface area contributed by atoms with Crippen LogP contribution in [0.5, 0.6) is 5.75 Å². The molecule has 6 heteroatoms. The quantitative estimate of drug-likeness (QED) is 0.860. The molecule has 20 heavy (non-hydrogen) atoms. The molecular weight excluding hydrogens is 278 g/mol. The fraction of sp³-hybridized carbons (Fsp3) is 0.143. The van der Waals surface area contributed by atoms with E-state index in [1.165, 1.54) is 18.4 Å². The summed E-state index contributed by atoms with van der Waals surface area (Å²) in [7, 11) is 1.52. The maximum Gasteiger partial charge on any atom is 0.339 e. The number of amides is 1. The van der Waals surface area contributed by atoms with Crippen molar-refractivity contribution in [2.24, 2.45) is 0 Å². The zero-order chi connectivity index (χ0) is 14.4. The molecule has 2 rings (SSSR count). The molecule has 1 amide bonds. The minimum Gasteiger partial charge on any atom is -0.495 e. The van der Waals surface area contributed by atoms with E-state index in [2.05, 4.69) is 5.32 Å². The number of nitrogens with one attached hydrogen (secondary N) is 1. The predicted molar refractivity (Wildman–Crippen MR) is 76.2 cm³/mol. The third-order valence-electron chi connectivity index (χ3n) is 2.47. The van der Waals surface area contributed by atoms with Gasteiger partial charge in [-0.25, -0.2) is 4.79 Å². The Labute approximate surface area is 120 Å². The highest BCUT2D eigenvalue weighted by Gasteiger charge is 2.11. The van der Waals surface area contributed by atoms with Crippen LogP contribution in [-0.4, -0.2) is 25.6 Å². The molecule has 0 aliphatic heterocycles. The molecule has 1 heterocycles. The summed E-state index contributed by atoms with van der Waals surface area (Å²) >= 11 is 1.39. The molecule has 1 aromatic carbocycles. The summed E-state index contributed by atoms with van der Waals surface area (Å²) in [5.41, 5.74) is 0.978. The zero-order valence-corrected chi connectivity index (χ0v) is 11.6. The number of hydrogen-bond donors (Lipinski definition) is 1. The van der Waals surface area contributed by atoms with Crippen LogP contribution in [0.4, 0.5) is 5.69 Å². The Morgan fingerprint density at radius 2 is 2.05 bits per heavy atom. The summed E-state index contributed by atoms with van der Waals surface area (Å²) in [6, 6.07) is 8.65. The van der Waals surface area contributed by atoms with E-state index in [1.54, 1.807) is 41.1 Å². The van der Waals surface area contributed by atoms with Crippen molar-refractivity contribution < 1.29 is 19.1 Å². The summed E-state index contributed by atoms with van der Waals surface area (Å²) in [4.78, 5) is 23.3. The van der Waals surface area contributed by atoms with Gasteiger partial charge in [-0.3, -0.25) is 4.79 Å². The molecule has 0 spiro atoms. The Bertz CT molecular complexity index is 595. The standard InChI is InChI=1S/C14H13NO4S/c1-18-12-5-3-2-4-11(12)15-13(16)8-19-14(17)10-6-7-20-9-10/h2-7,9H,8H2,1H3,(H,15,16). The van der Waals surface area contributed by atoms with Crippen molar-refractivity contribution in [2.75, 3.05) is 19.0 Å². The molecule has 0 aliphatic rings. The molecule has 0 saturated carbocycles. The van der Waals surface area contributed by atoms with Gasteiger partial charge in [0.15, 0.2) is 6.61 Å². The molecule has 0 radical (unpaired) electrons.